The van der Waals surface area contributed by atoms with Crippen molar-refractivity contribution in [2.45, 2.75) is 13.8 Å². The van der Waals surface area contributed by atoms with E-state index in [9.17, 15) is 0 Å². The molecule has 3 heteroatoms. The van der Waals surface area contributed by atoms with Crippen LogP contribution >= 0.6 is 0 Å². The van der Waals surface area contributed by atoms with Crippen molar-refractivity contribution in [3.63, 3.8) is 0 Å². The molecule has 12 heavy (non-hydrogen) atoms. The number of pyridine rings is 1. The zero-order chi connectivity index (χ0) is 8.97. The molecular formula is C9H13N3. The summed E-state index contributed by atoms with van der Waals surface area (Å²) in [5, 5.41) is 0. The molecule has 0 aromatic carbocycles. The first-order chi connectivity index (χ1) is 5.88. The molecule has 2 heterocycles. The molecule has 0 aliphatic heterocycles. The Bertz CT molecular complexity index is 351. The third kappa shape index (κ3) is 1.39. The average molecular weight is 163 g/mol. The molecule has 2 aromatic heterocycles. The van der Waals surface area contributed by atoms with E-state index in [2.05, 4.69) is 4.98 Å². The SMILES string of the molecule is CC.Nc1cccc2nccn12. The van der Waals surface area contributed by atoms with E-state index >= 15 is 0 Å². The van der Waals surface area contributed by atoms with Crippen LogP contribution in [-0.2, 0) is 0 Å². The van der Waals surface area contributed by atoms with Crippen molar-refractivity contribution < 1.29 is 0 Å². The number of anilines is 1. The van der Waals surface area contributed by atoms with Crippen LogP contribution in [0.15, 0.2) is 30.6 Å². The molecule has 0 unspecified atom stereocenters. The maximum atomic E-state index is 5.62. The van der Waals surface area contributed by atoms with Gasteiger partial charge >= 0.3 is 0 Å². The molecule has 0 saturated carbocycles. The largest absolute Gasteiger partial charge is 0.385 e. The molecular weight excluding hydrogens is 150 g/mol. The predicted molar refractivity (Wildman–Crippen MR) is 51.0 cm³/mol. The number of imidazole rings is 1. The van der Waals surface area contributed by atoms with Gasteiger partial charge in [0.25, 0.3) is 0 Å². The van der Waals surface area contributed by atoms with Crippen molar-refractivity contribution in [3.8, 4) is 0 Å². The van der Waals surface area contributed by atoms with Gasteiger partial charge in [0.1, 0.15) is 11.5 Å². The van der Waals surface area contributed by atoms with Crippen molar-refractivity contribution in [2.75, 3.05) is 5.73 Å². The van der Waals surface area contributed by atoms with Crippen LogP contribution in [-0.4, -0.2) is 9.38 Å². The number of hydrogen-bond acceptors (Lipinski definition) is 2. The molecule has 0 fully saturated rings. The molecule has 0 amide bonds. The summed E-state index contributed by atoms with van der Waals surface area (Å²) in [7, 11) is 0. The fraction of sp³-hybridized carbons (Fsp3) is 0.222. The zero-order valence-electron chi connectivity index (χ0n) is 7.36. The number of nitrogens with zero attached hydrogens (tertiary/aromatic N) is 2. The van der Waals surface area contributed by atoms with E-state index < -0.39 is 0 Å². The summed E-state index contributed by atoms with van der Waals surface area (Å²) >= 11 is 0. The Morgan fingerprint density at radius 2 is 2.08 bits per heavy atom. The van der Waals surface area contributed by atoms with Crippen LogP contribution in [0.25, 0.3) is 5.65 Å². The molecule has 64 valence electrons. The molecule has 0 radical (unpaired) electrons. The number of nitrogens with two attached hydrogens (primary N) is 1. The lowest BCUT2D eigenvalue weighted by Crippen LogP contribution is -1.93. The van der Waals surface area contributed by atoms with Gasteiger partial charge in [-0.3, -0.25) is 4.40 Å². The Hall–Kier alpha value is -1.51. The second-order valence-corrected chi connectivity index (χ2v) is 2.11. The summed E-state index contributed by atoms with van der Waals surface area (Å²) in [6, 6.07) is 5.64. The quantitative estimate of drug-likeness (QED) is 0.645. The average Bonchev–Trinajstić information content (AvgIpc) is 2.57. The zero-order valence-corrected chi connectivity index (χ0v) is 7.36. The topological polar surface area (TPSA) is 43.3 Å². The monoisotopic (exact) mass is 163 g/mol. The van der Waals surface area contributed by atoms with E-state index in [0.29, 0.717) is 0 Å². The van der Waals surface area contributed by atoms with E-state index in [1.807, 2.05) is 42.6 Å². The Balaban J connectivity index is 0.000000336. The molecule has 0 aliphatic carbocycles. The number of aromatic nitrogens is 2. The Labute approximate surface area is 71.8 Å². The second kappa shape index (κ2) is 3.76. The van der Waals surface area contributed by atoms with Crippen molar-refractivity contribution >= 4 is 11.5 Å². The molecule has 3 nitrogen and oxygen atoms in total. The standard InChI is InChI=1S/C7H7N3.C2H6/c8-6-2-1-3-7-9-4-5-10(6)7;1-2/h1-5H,8H2;1-2H3. The highest BCUT2D eigenvalue weighted by atomic mass is 15.0. The molecule has 0 saturated heterocycles. The van der Waals surface area contributed by atoms with E-state index in [1.54, 1.807) is 6.20 Å². The summed E-state index contributed by atoms with van der Waals surface area (Å²) in [5.41, 5.74) is 6.51. The van der Waals surface area contributed by atoms with Gasteiger partial charge in [0, 0.05) is 12.4 Å². The Morgan fingerprint density at radius 3 is 2.75 bits per heavy atom. The van der Waals surface area contributed by atoms with Crippen LogP contribution in [0.5, 0.6) is 0 Å². The second-order valence-electron chi connectivity index (χ2n) is 2.11. The van der Waals surface area contributed by atoms with Crippen molar-refractivity contribution in [1.29, 1.82) is 0 Å². The lowest BCUT2D eigenvalue weighted by molar-refractivity contribution is 1.20. The van der Waals surface area contributed by atoms with Gasteiger partial charge in [-0.15, -0.1) is 0 Å². The van der Waals surface area contributed by atoms with Crippen molar-refractivity contribution in [2.24, 2.45) is 0 Å². The number of nitrogen functional groups attached to an aromatic ring is 1. The molecule has 0 aliphatic rings. The van der Waals surface area contributed by atoms with Crippen molar-refractivity contribution in [1.82, 2.24) is 9.38 Å². The first-order valence-electron chi connectivity index (χ1n) is 4.05. The van der Waals surface area contributed by atoms with E-state index in [-0.39, 0.29) is 0 Å². The minimum atomic E-state index is 0.718. The molecule has 2 aromatic rings. The third-order valence-electron chi connectivity index (χ3n) is 1.46. The van der Waals surface area contributed by atoms with Gasteiger partial charge in [0.2, 0.25) is 0 Å². The fourth-order valence-electron chi connectivity index (χ4n) is 0.970. The van der Waals surface area contributed by atoms with E-state index in [0.717, 1.165) is 11.5 Å². The highest BCUT2D eigenvalue weighted by Crippen LogP contribution is 2.05. The molecule has 0 spiro atoms. The minimum Gasteiger partial charge on any atom is -0.385 e. The summed E-state index contributed by atoms with van der Waals surface area (Å²) < 4.78 is 1.83. The third-order valence-corrected chi connectivity index (χ3v) is 1.46. The Morgan fingerprint density at radius 1 is 1.33 bits per heavy atom. The van der Waals surface area contributed by atoms with Gasteiger partial charge in [-0.05, 0) is 12.1 Å². The summed E-state index contributed by atoms with van der Waals surface area (Å²) in [6.45, 7) is 4.00. The highest BCUT2D eigenvalue weighted by Gasteiger charge is 1.92. The van der Waals surface area contributed by atoms with Gasteiger partial charge < -0.3 is 5.73 Å². The van der Waals surface area contributed by atoms with Gasteiger partial charge in [0.05, 0.1) is 0 Å². The first-order valence-corrected chi connectivity index (χ1v) is 4.05. The Kier molecular flexibility index (Phi) is 2.69. The molecule has 0 bridgehead atoms. The van der Waals surface area contributed by atoms with E-state index in [4.69, 9.17) is 5.73 Å². The van der Waals surface area contributed by atoms with E-state index in [1.165, 1.54) is 0 Å². The van der Waals surface area contributed by atoms with Crippen LogP contribution in [0.3, 0.4) is 0 Å². The van der Waals surface area contributed by atoms with Crippen LogP contribution in [0.2, 0.25) is 0 Å². The maximum Gasteiger partial charge on any atom is 0.138 e. The normalized spacial score (nSPS) is 9.17. The number of fused-ring (bicyclic) bond motifs is 1. The summed E-state index contributed by atoms with van der Waals surface area (Å²) in [6.07, 6.45) is 3.57. The lowest BCUT2D eigenvalue weighted by Gasteiger charge is -1.95. The summed E-state index contributed by atoms with van der Waals surface area (Å²) in [5.74, 6) is 0.718. The van der Waals surface area contributed by atoms with Crippen LogP contribution in [0.4, 0.5) is 5.82 Å². The lowest BCUT2D eigenvalue weighted by atomic mass is 10.4. The van der Waals surface area contributed by atoms with Gasteiger partial charge in [-0.2, -0.15) is 0 Å². The fourth-order valence-corrected chi connectivity index (χ4v) is 0.970. The maximum absolute atomic E-state index is 5.62. The van der Waals surface area contributed by atoms with Crippen LogP contribution in [0.1, 0.15) is 13.8 Å². The predicted octanol–water partition coefficient (Wildman–Crippen LogP) is 1.94. The minimum absolute atomic E-state index is 0.718. The van der Waals surface area contributed by atoms with Gasteiger partial charge in [-0.1, -0.05) is 19.9 Å². The highest BCUT2D eigenvalue weighted by molar-refractivity contribution is 5.46. The number of hydrogen-bond donors (Lipinski definition) is 1. The van der Waals surface area contributed by atoms with Crippen LogP contribution < -0.4 is 5.73 Å². The first kappa shape index (κ1) is 8.59. The van der Waals surface area contributed by atoms with Crippen molar-refractivity contribution in [3.05, 3.63) is 30.6 Å². The van der Waals surface area contributed by atoms with Gasteiger partial charge in [0.15, 0.2) is 0 Å². The smallest absolute Gasteiger partial charge is 0.138 e. The summed E-state index contributed by atoms with van der Waals surface area (Å²) in [4.78, 5) is 4.06. The molecule has 0 atom stereocenters. The molecule has 2 rings (SSSR count). The van der Waals surface area contributed by atoms with Gasteiger partial charge in [-0.25, -0.2) is 4.98 Å². The molecule has 2 N–H and O–H groups in total. The van der Waals surface area contributed by atoms with Crippen LogP contribution in [0, 0.1) is 0 Å². The number of rotatable bonds is 0.